The Morgan fingerprint density at radius 2 is 1.75 bits per heavy atom. The van der Waals surface area contributed by atoms with Crippen LogP contribution in [-0.2, 0) is 11.2 Å². The van der Waals surface area contributed by atoms with Crippen LogP contribution in [0.25, 0.3) is 27.8 Å². The highest BCUT2D eigenvalue weighted by Crippen LogP contribution is 2.40. The first-order valence-electron chi connectivity index (χ1n) is 11.5. The molecule has 1 aliphatic heterocycles. The number of hydrogen-bond acceptors (Lipinski definition) is 5. The summed E-state index contributed by atoms with van der Waals surface area (Å²) in [5.41, 5.74) is 3.65. The second-order valence-corrected chi connectivity index (χ2v) is 10.5. The number of amides is 2. The van der Waals surface area contributed by atoms with Crippen molar-refractivity contribution in [3.63, 3.8) is 0 Å². The molecule has 0 saturated heterocycles. The minimum atomic E-state index is -0.736. The Labute approximate surface area is 218 Å². The zero-order chi connectivity index (χ0) is 25.8. The third kappa shape index (κ3) is 4.22. The molecular formula is C27H24Cl2N4O3. The molecule has 3 heterocycles. The van der Waals surface area contributed by atoms with Crippen molar-refractivity contribution in [3.8, 4) is 16.8 Å². The molecule has 2 amide bonds. The molecule has 9 heteroatoms. The number of pyridine rings is 1. The van der Waals surface area contributed by atoms with Crippen molar-refractivity contribution < 1.29 is 14.3 Å². The average Bonchev–Trinajstić information content (AvgIpc) is 3.15. The first-order valence-corrected chi connectivity index (χ1v) is 12.3. The summed E-state index contributed by atoms with van der Waals surface area (Å²) in [5, 5.41) is 6.22. The van der Waals surface area contributed by atoms with Crippen molar-refractivity contribution in [1.29, 1.82) is 0 Å². The number of fused-ring (bicyclic) bond motifs is 2. The molecule has 0 spiro atoms. The van der Waals surface area contributed by atoms with E-state index in [0.29, 0.717) is 55.6 Å². The van der Waals surface area contributed by atoms with Crippen LogP contribution in [0.4, 0.5) is 4.79 Å². The number of imide groups is 1. The van der Waals surface area contributed by atoms with Crippen LogP contribution >= 0.6 is 23.2 Å². The zero-order valence-corrected chi connectivity index (χ0v) is 21.8. The molecule has 0 atom stereocenters. The highest BCUT2D eigenvalue weighted by molar-refractivity contribution is 6.42. The van der Waals surface area contributed by atoms with E-state index in [4.69, 9.17) is 38.0 Å². The molecule has 0 unspecified atom stereocenters. The molecule has 0 bridgehead atoms. The number of nitrogens with zero attached hydrogens (tertiary/aromatic N) is 4. The van der Waals surface area contributed by atoms with Gasteiger partial charge in [-0.25, -0.2) is 19.4 Å². The first kappa shape index (κ1) is 24.3. The number of para-hydroxylation sites is 1. The lowest BCUT2D eigenvalue weighted by molar-refractivity contribution is 0.0233. The number of aromatic nitrogens is 3. The number of rotatable bonds is 2. The minimum Gasteiger partial charge on any atom is -0.443 e. The largest absolute Gasteiger partial charge is 0.443 e. The number of ether oxygens (including phenoxy) is 1. The molecule has 2 aromatic carbocycles. The molecule has 0 aliphatic carbocycles. The summed E-state index contributed by atoms with van der Waals surface area (Å²) >= 11 is 12.6. The van der Waals surface area contributed by atoms with Crippen LogP contribution in [0, 0.1) is 6.92 Å². The maximum Gasteiger partial charge on any atom is 0.417 e. The molecule has 5 rings (SSSR count). The predicted molar refractivity (Wildman–Crippen MR) is 140 cm³/mol. The van der Waals surface area contributed by atoms with E-state index in [-0.39, 0.29) is 6.54 Å². The van der Waals surface area contributed by atoms with Gasteiger partial charge in [0, 0.05) is 18.5 Å². The molecule has 0 N–H and O–H groups in total. The molecule has 0 radical (unpaired) electrons. The van der Waals surface area contributed by atoms with Crippen LogP contribution in [0.3, 0.4) is 0 Å². The second-order valence-electron chi connectivity index (χ2n) is 9.66. The smallest absolute Gasteiger partial charge is 0.417 e. The molecule has 0 fully saturated rings. The first-order chi connectivity index (χ1) is 17.0. The summed E-state index contributed by atoms with van der Waals surface area (Å²) < 4.78 is 7.28. The van der Waals surface area contributed by atoms with Crippen molar-refractivity contribution in [3.05, 3.63) is 75.5 Å². The van der Waals surface area contributed by atoms with Gasteiger partial charge < -0.3 is 4.74 Å². The SMILES string of the molecule is Cc1nn(-c2ccccc2)c2nc3c(c(-c4ccc(Cl)c(Cl)c4)c12)C(=O)N(C(=O)OC(C)(C)C)CC3. The average molecular weight is 523 g/mol. The number of carbonyl (C=O) groups excluding carboxylic acids is 2. The van der Waals surface area contributed by atoms with E-state index in [0.717, 1.165) is 10.6 Å². The Balaban J connectivity index is 1.79. The minimum absolute atomic E-state index is 0.165. The van der Waals surface area contributed by atoms with Crippen molar-refractivity contribution in [2.75, 3.05) is 6.54 Å². The van der Waals surface area contributed by atoms with Gasteiger partial charge >= 0.3 is 6.09 Å². The molecular weight excluding hydrogens is 499 g/mol. The Hall–Kier alpha value is -3.42. The van der Waals surface area contributed by atoms with Gasteiger partial charge in [0.2, 0.25) is 0 Å². The number of hydrogen-bond donors (Lipinski definition) is 0. The van der Waals surface area contributed by atoms with E-state index in [1.54, 1.807) is 37.6 Å². The zero-order valence-electron chi connectivity index (χ0n) is 20.3. The number of aryl methyl sites for hydroxylation is 1. The Morgan fingerprint density at radius 3 is 2.42 bits per heavy atom. The molecule has 4 aromatic rings. The summed E-state index contributed by atoms with van der Waals surface area (Å²) in [6.07, 6.45) is -0.307. The molecule has 0 saturated carbocycles. The third-order valence-electron chi connectivity index (χ3n) is 5.92. The van der Waals surface area contributed by atoms with Crippen molar-refractivity contribution >= 4 is 46.2 Å². The fourth-order valence-electron chi connectivity index (χ4n) is 4.41. The summed E-state index contributed by atoms with van der Waals surface area (Å²) in [5.74, 6) is -0.465. The monoisotopic (exact) mass is 522 g/mol. The summed E-state index contributed by atoms with van der Waals surface area (Å²) in [4.78, 5) is 32.8. The van der Waals surface area contributed by atoms with Crippen LogP contribution in [0.15, 0.2) is 48.5 Å². The Kier molecular flexibility index (Phi) is 6.01. The quantitative estimate of drug-likeness (QED) is 0.295. The highest BCUT2D eigenvalue weighted by atomic mass is 35.5. The van der Waals surface area contributed by atoms with Gasteiger partial charge in [0.15, 0.2) is 5.65 Å². The molecule has 7 nitrogen and oxygen atoms in total. The van der Waals surface area contributed by atoms with Gasteiger partial charge in [-0.3, -0.25) is 4.79 Å². The van der Waals surface area contributed by atoms with Gasteiger partial charge in [0.25, 0.3) is 5.91 Å². The molecule has 36 heavy (non-hydrogen) atoms. The van der Waals surface area contributed by atoms with Gasteiger partial charge in [-0.05, 0) is 57.5 Å². The summed E-state index contributed by atoms with van der Waals surface area (Å²) in [6.45, 7) is 7.33. The fourth-order valence-corrected chi connectivity index (χ4v) is 4.71. The van der Waals surface area contributed by atoms with Gasteiger partial charge in [-0.1, -0.05) is 47.5 Å². The Morgan fingerprint density at radius 1 is 1.03 bits per heavy atom. The van der Waals surface area contributed by atoms with E-state index in [1.807, 2.05) is 43.3 Å². The predicted octanol–water partition coefficient (Wildman–Crippen LogP) is 6.64. The van der Waals surface area contributed by atoms with E-state index in [9.17, 15) is 9.59 Å². The van der Waals surface area contributed by atoms with Crippen molar-refractivity contribution in [2.45, 2.75) is 39.7 Å². The summed E-state index contributed by atoms with van der Waals surface area (Å²) in [7, 11) is 0. The van der Waals surface area contributed by atoms with Crippen molar-refractivity contribution in [1.82, 2.24) is 19.7 Å². The Bertz CT molecular complexity index is 1520. The van der Waals surface area contributed by atoms with Crippen LogP contribution in [0.2, 0.25) is 10.0 Å². The maximum atomic E-state index is 13.8. The highest BCUT2D eigenvalue weighted by Gasteiger charge is 2.37. The third-order valence-corrected chi connectivity index (χ3v) is 6.66. The lowest BCUT2D eigenvalue weighted by Crippen LogP contribution is -2.45. The molecule has 184 valence electrons. The number of benzene rings is 2. The van der Waals surface area contributed by atoms with Crippen LogP contribution in [0.5, 0.6) is 0 Å². The number of halogens is 2. The van der Waals surface area contributed by atoms with E-state index in [2.05, 4.69) is 0 Å². The lowest BCUT2D eigenvalue weighted by atomic mass is 9.91. The number of carbonyl (C=O) groups is 2. The van der Waals surface area contributed by atoms with Gasteiger partial charge in [0.05, 0.1) is 38.1 Å². The lowest BCUT2D eigenvalue weighted by Gasteiger charge is -2.30. The van der Waals surface area contributed by atoms with Gasteiger partial charge in [-0.15, -0.1) is 0 Å². The maximum absolute atomic E-state index is 13.8. The van der Waals surface area contributed by atoms with E-state index < -0.39 is 17.6 Å². The van der Waals surface area contributed by atoms with E-state index in [1.165, 1.54) is 0 Å². The van der Waals surface area contributed by atoms with E-state index >= 15 is 0 Å². The second kappa shape index (κ2) is 8.91. The topological polar surface area (TPSA) is 77.3 Å². The van der Waals surface area contributed by atoms with Crippen molar-refractivity contribution in [2.24, 2.45) is 0 Å². The van der Waals surface area contributed by atoms with Gasteiger partial charge in [0.1, 0.15) is 5.60 Å². The molecule has 2 aromatic heterocycles. The molecule has 1 aliphatic rings. The van der Waals surface area contributed by atoms with Crippen LogP contribution in [0.1, 0.15) is 42.5 Å². The fraction of sp³-hybridized carbons (Fsp3) is 0.259. The summed E-state index contributed by atoms with van der Waals surface area (Å²) in [6, 6.07) is 14.9. The normalized spacial score (nSPS) is 13.7. The van der Waals surface area contributed by atoms with Gasteiger partial charge in [-0.2, -0.15) is 5.10 Å². The van der Waals surface area contributed by atoms with Crippen LogP contribution in [-0.4, -0.2) is 43.8 Å². The van der Waals surface area contributed by atoms with Crippen LogP contribution < -0.4 is 0 Å². The standard InChI is InChI=1S/C27H24Cl2N4O3/c1-15-21-22(16-10-11-18(28)19(29)14-16)23-20(12-13-32(25(23)34)26(35)36-27(2,3)4)30-24(21)33(31-15)17-8-6-5-7-9-17/h5-11,14H,12-13H2,1-4H3.